The Bertz CT molecular complexity index is 1160. The maximum absolute atomic E-state index is 12.7. The van der Waals surface area contributed by atoms with Crippen LogP contribution in [0.4, 0.5) is 5.00 Å². The summed E-state index contributed by atoms with van der Waals surface area (Å²) in [5.74, 6) is -0.684. The maximum atomic E-state index is 12.7. The van der Waals surface area contributed by atoms with Crippen LogP contribution < -0.4 is 5.32 Å². The number of thiophene rings is 1. The van der Waals surface area contributed by atoms with E-state index in [1.165, 1.54) is 11.3 Å². The number of carbonyl (C=O) groups is 2. The fraction of sp³-hybridized carbons (Fsp3) is 0.136. The molecule has 0 saturated heterocycles. The summed E-state index contributed by atoms with van der Waals surface area (Å²) in [6.07, 6.45) is 1.64. The van der Waals surface area contributed by atoms with Crippen molar-refractivity contribution in [3.63, 3.8) is 0 Å². The van der Waals surface area contributed by atoms with Gasteiger partial charge in [0.2, 0.25) is 5.91 Å². The van der Waals surface area contributed by atoms with Crippen LogP contribution in [0.1, 0.15) is 17.3 Å². The summed E-state index contributed by atoms with van der Waals surface area (Å²) in [7, 11) is 0. The number of imidazole rings is 1. The molecular formula is C22H19N3O3S. The lowest BCUT2D eigenvalue weighted by atomic mass is 10.0. The number of hydrogen-bond acceptors (Lipinski definition) is 5. The number of fused-ring (bicyclic) bond motifs is 1. The third-order valence-corrected chi connectivity index (χ3v) is 5.35. The minimum atomic E-state index is -0.448. The van der Waals surface area contributed by atoms with Crippen molar-refractivity contribution in [2.75, 3.05) is 11.9 Å². The molecule has 0 fully saturated rings. The molecule has 29 heavy (non-hydrogen) atoms. The Labute approximate surface area is 171 Å². The van der Waals surface area contributed by atoms with Crippen LogP contribution >= 0.6 is 11.3 Å². The van der Waals surface area contributed by atoms with Gasteiger partial charge in [-0.05, 0) is 24.6 Å². The predicted octanol–water partition coefficient (Wildman–Crippen LogP) is 4.58. The van der Waals surface area contributed by atoms with Gasteiger partial charge in [-0.2, -0.15) is 0 Å². The minimum absolute atomic E-state index is 0.0986. The Morgan fingerprint density at radius 1 is 1.10 bits per heavy atom. The lowest BCUT2D eigenvalue weighted by Crippen LogP contribution is -2.19. The van der Waals surface area contributed by atoms with Gasteiger partial charge < -0.3 is 14.6 Å². The number of para-hydroxylation sites is 2. The number of anilines is 1. The Morgan fingerprint density at radius 3 is 2.66 bits per heavy atom. The molecule has 6 nitrogen and oxygen atoms in total. The zero-order chi connectivity index (χ0) is 20.2. The number of nitrogens with zero attached hydrogens (tertiary/aromatic N) is 2. The van der Waals surface area contributed by atoms with E-state index in [1.807, 2.05) is 60.0 Å². The monoisotopic (exact) mass is 405 g/mol. The first-order valence-electron chi connectivity index (χ1n) is 9.21. The predicted molar refractivity (Wildman–Crippen MR) is 114 cm³/mol. The molecule has 0 bridgehead atoms. The van der Waals surface area contributed by atoms with E-state index in [9.17, 15) is 9.59 Å². The largest absolute Gasteiger partial charge is 0.462 e. The number of ether oxygens (including phenoxy) is 1. The Hall–Kier alpha value is -3.45. The molecule has 146 valence electrons. The molecule has 0 radical (unpaired) electrons. The third-order valence-electron chi connectivity index (χ3n) is 4.45. The smallest absolute Gasteiger partial charge is 0.341 e. The first-order valence-corrected chi connectivity index (χ1v) is 10.1. The summed E-state index contributed by atoms with van der Waals surface area (Å²) < 4.78 is 7.01. The number of esters is 1. The summed E-state index contributed by atoms with van der Waals surface area (Å²) in [5.41, 5.74) is 3.73. The molecule has 2 heterocycles. The molecule has 7 heteroatoms. The summed E-state index contributed by atoms with van der Waals surface area (Å²) in [4.78, 5) is 29.6. The van der Waals surface area contributed by atoms with E-state index in [4.69, 9.17) is 4.74 Å². The highest BCUT2D eigenvalue weighted by Crippen LogP contribution is 2.36. The van der Waals surface area contributed by atoms with Crippen molar-refractivity contribution < 1.29 is 14.3 Å². The lowest BCUT2D eigenvalue weighted by Gasteiger charge is -2.09. The van der Waals surface area contributed by atoms with Gasteiger partial charge >= 0.3 is 5.97 Å². The van der Waals surface area contributed by atoms with E-state index < -0.39 is 5.97 Å². The maximum Gasteiger partial charge on any atom is 0.341 e. The summed E-state index contributed by atoms with van der Waals surface area (Å²) in [5, 5.41) is 5.22. The fourth-order valence-electron chi connectivity index (χ4n) is 3.14. The lowest BCUT2D eigenvalue weighted by molar-refractivity contribution is -0.116. The molecule has 0 unspecified atom stereocenters. The normalized spacial score (nSPS) is 10.8. The number of amides is 1. The summed E-state index contributed by atoms with van der Waals surface area (Å²) in [6, 6.07) is 17.2. The van der Waals surface area contributed by atoms with Crippen LogP contribution in [-0.4, -0.2) is 28.0 Å². The number of aromatic nitrogens is 2. The Balaban J connectivity index is 1.61. The zero-order valence-corrected chi connectivity index (χ0v) is 16.6. The van der Waals surface area contributed by atoms with Gasteiger partial charge in [-0.3, -0.25) is 4.79 Å². The number of carbonyl (C=O) groups excluding carboxylic acids is 2. The number of rotatable bonds is 6. The van der Waals surface area contributed by atoms with Crippen molar-refractivity contribution in [3.8, 4) is 11.1 Å². The molecule has 1 amide bonds. The molecule has 4 rings (SSSR count). The number of nitrogens with one attached hydrogen (secondary N) is 1. The standard InChI is InChI=1S/C22H19N3O3S/c1-2-28-22(27)20-16(15-8-4-3-5-9-15)13-29-21(20)24-19(26)12-25-14-23-17-10-6-7-11-18(17)25/h3-11,13-14H,2,12H2,1H3,(H,24,26). The molecule has 0 aliphatic heterocycles. The van der Waals surface area contributed by atoms with Crippen molar-refractivity contribution in [3.05, 3.63) is 71.9 Å². The van der Waals surface area contributed by atoms with Gasteiger partial charge in [0.05, 0.1) is 24.0 Å². The second-order valence-electron chi connectivity index (χ2n) is 6.35. The number of benzene rings is 2. The molecule has 0 atom stereocenters. The third kappa shape index (κ3) is 3.90. The Morgan fingerprint density at radius 2 is 1.86 bits per heavy atom. The molecule has 2 aromatic heterocycles. The van der Waals surface area contributed by atoms with E-state index in [0.29, 0.717) is 10.6 Å². The molecular weight excluding hydrogens is 386 g/mol. The highest BCUT2D eigenvalue weighted by molar-refractivity contribution is 7.15. The van der Waals surface area contributed by atoms with Crippen LogP contribution in [0.5, 0.6) is 0 Å². The Kier molecular flexibility index (Phi) is 5.39. The van der Waals surface area contributed by atoms with Crippen LogP contribution in [0.25, 0.3) is 22.2 Å². The van der Waals surface area contributed by atoms with Crippen LogP contribution in [0, 0.1) is 0 Å². The molecule has 4 aromatic rings. The zero-order valence-electron chi connectivity index (χ0n) is 15.8. The first kappa shape index (κ1) is 18.9. The van der Waals surface area contributed by atoms with Gasteiger partial charge in [-0.1, -0.05) is 42.5 Å². The van der Waals surface area contributed by atoms with Gasteiger partial charge in [0, 0.05) is 10.9 Å². The first-order chi connectivity index (χ1) is 14.2. The molecule has 1 N–H and O–H groups in total. The van der Waals surface area contributed by atoms with E-state index in [0.717, 1.165) is 22.2 Å². The van der Waals surface area contributed by atoms with Crippen molar-refractivity contribution in [2.45, 2.75) is 13.5 Å². The molecule has 0 spiro atoms. The van der Waals surface area contributed by atoms with Crippen molar-refractivity contribution in [2.24, 2.45) is 0 Å². The van der Waals surface area contributed by atoms with E-state index in [-0.39, 0.29) is 19.1 Å². The van der Waals surface area contributed by atoms with Crippen LogP contribution in [-0.2, 0) is 16.1 Å². The fourth-order valence-corrected chi connectivity index (χ4v) is 4.12. The van der Waals surface area contributed by atoms with Crippen LogP contribution in [0.15, 0.2) is 66.3 Å². The highest BCUT2D eigenvalue weighted by Gasteiger charge is 2.23. The minimum Gasteiger partial charge on any atom is -0.462 e. The number of hydrogen-bond donors (Lipinski definition) is 1. The summed E-state index contributed by atoms with van der Waals surface area (Å²) >= 11 is 1.31. The SMILES string of the molecule is CCOC(=O)c1c(-c2ccccc2)csc1NC(=O)Cn1cnc2ccccc21. The van der Waals surface area contributed by atoms with Gasteiger partial charge in [-0.25, -0.2) is 9.78 Å². The summed E-state index contributed by atoms with van der Waals surface area (Å²) in [6.45, 7) is 2.12. The van der Waals surface area contributed by atoms with E-state index in [1.54, 1.807) is 17.8 Å². The van der Waals surface area contributed by atoms with E-state index >= 15 is 0 Å². The van der Waals surface area contributed by atoms with Crippen molar-refractivity contribution in [1.82, 2.24) is 9.55 Å². The van der Waals surface area contributed by atoms with Gasteiger partial charge in [0.15, 0.2) is 0 Å². The molecule has 2 aromatic carbocycles. The van der Waals surface area contributed by atoms with Gasteiger partial charge in [-0.15, -0.1) is 11.3 Å². The van der Waals surface area contributed by atoms with Gasteiger partial charge in [0.1, 0.15) is 17.1 Å². The average molecular weight is 405 g/mol. The topological polar surface area (TPSA) is 73.2 Å². The van der Waals surface area contributed by atoms with E-state index in [2.05, 4.69) is 10.3 Å². The van der Waals surface area contributed by atoms with Crippen molar-refractivity contribution >= 4 is 39.2 Å². The average Bonchev–Trinajstić information content (AvgIpc) is 3.33. The van der Waals surface area contributed by atoms with Crippen molar-refractivity contribution in [1.29, 1.82) is 0 Å². The molecule has 0 saturated carbocycles. The second kappa shape index (κ2) is 8.28. The quantitative estimate of drug-likeness (QED) is 0.477. The second-order valence-corrected chi connectivity index (χ2v) is 7.23. The molecule has 0 aliphatic carbocycles. The highest BCUT2D eigenvalue weighted by atomic mass is 32.1. The van der Waals surface area contributed by atoms with Crippen LogP contribution in [0.2, 0.25) is 0 Å². The van der Waals surface area contributed by atoms with Crippen LogP contribution in [0.3, 0.4) is 0 Å². The van der Waals surface area contributed by atoms with Gasteiger partial charge in [0.25, 0.3) is 0 Å². The molecule has 0 aliphatic rings.